The zero-order valence-corrected chi connectivity index (χ0v) is 16.5. The Morgan fingerprint density at radius 1 is 1.18 bits per heavy atom. The molecule has 6 nitrogen and oxygen atoms in total. The van der Waals surface area contributed by atoms with Crippen molar-refractivity contribution in [2.75, 3.05) is 7.11 Å². The Balaban J connectivity index is 1.55. The van der Waals surface area contributed by atoms with E-state index in [-0.39, 0.29) is 5.91 Å². The van der Waals surface area contributed by atoms with Crippen LogP contribution in [0.15, 0.2) is 54.2 Å². The largest absolute Gasteiger partial charge is 0.493 e. The molecule has 2 aromatic heterocycles. The maximum atomic E-state index is 12.0. The molecule has 28 heavy (non-hydrogen) atoms. The second-order valence-corrected chi connectivity index (χ2v) is 7.03. The van der Waals surface area contributed by atoms with E-state index in [1.165, 1.54) is 6.08 Å². The van der Waals surface area contributed by atoms with Gasteiger partial charge >= 0.3 is 0 Å². The minimum atomic E-state index is -0.178. The van der Waals surface area contributed by atoms with Crippen LogP contribution in [0.3, 0.4) is 0 Å². The van der Waals surface area contributed by atoms with Gasteiger partial charge in [-0.3, -0.25) is 9.78 Å². The van der Waals surface area contributed by atoms with Crippen LogP contribution in [0.2, 0.25) is 0 Å². The third kappa shape index (κ3) is 5.65. The maximum Gasteiger partial charge on any atom is 0.244 e. The molecule has 1 aromatic carbocycles. The molecule has 0 saturated carbocycles. The molecule has 1 amide bonds. The van der Waals surface area contributed by atoms with E-state index >= 15 is 0 Å². The fourth-order valence-electron chi connectivity index (χ4n) is 2.45. The lowest BCUT2D eigenvalue weighted by atomic mass is 10.2. The molecule has 0 fully saturated rings. The smallest absolute Gasteiger partial charge is 0.244 e. The van der Waals surface area contributed by atoms with E-state index in [1.807, 2.05) is 42.6 Å². The standard InChI is InChI=1S/C21H21N3O3S/c1-15-24-18(14-28-15)4-6-21(25)23-12-17-3-5-19(20(11-17)26-2)27-13-16-7-9-22-10-8-16/h3-11,14H,12-13H2,1-2H3,(H,23,25)/b6-4+. The first-order chi connectivity index (χ1) is 13.6. The molecule has 3 aromatic rings. The van der Waals surface area contributed by atoms with Crippen molar-refractivity contribution in [1.29, 1.82) is 0 Å². The van der Waals surface area contributed by atoms with E-state index in [1.54, 1.807) is 36.9 Å². The number of methoxy groups -OCH3 is 1. The molecule has 1 N–H and O–H groups in total. The van der Waals surface area contributed by atoms with Crippen LogP contribution in [0.4, 0.5) is 0 Å². The Labute approximate surface area is 167 Å². The fraction of sp³-hybridized carbons (Fsp3) is 0.190. The van der Waals surface area contributed by atoms with Gasteiger partial charge in [0.25, 0.3) is 0 Å². The molecule has 144 valence electrons. The van der Waals surface area contributed by atoms with E-state index in [2.05, 4.69) is 15.3 Å². The number of aromatic nitrogens is 2. The van der Waals surface area contributed by atoms with Crippen molar-refractivity contribution in [1.82, 2.24) is 15.3 Å². The summed E-state index contributed by atoms with van der Waals surface area (Å²) in [7, 11) is 1.59. The first-order valence-electron chi connectivity index (χ1n) is 8.70. The Morgan fingerprint density at radius 2 is 2.00 bits per heavy atom. The minimum absolute atomic E-state index is 0.178. The Kier molecular flexibility index (Phi) is 6.75. The summed E-state index contributed by atoms with van der Waals surface area (Å²) in [4.78, 5) is 20.3. The van der Waals surface area contributed by atoms with Crippen LogP contribution in [0.1, 0.15) is 21.8 Å². The van der Waals surface area contributed by atoms with Gasteiger partial charge < -0.3 is 14.8 Å². The molecule has 0 saturated heterocycles. The monoisotopic (exact) mass is 395 g/mol. The lowest BCUT2D eigenvalue weighted by molar-refractivity contribution is -0.116. The predicted octanol–water partition coefficient (Wildman–Crippen LogP) is 3.76. The molecule has 0 bridgehead atoms. The van der Waals surface area contributed by atoms with E-state index < -0.39 is 0 Å². The van der Waals surface area contributed by atoms with Gasteiger partial charge in [0.05, 0.1) is 17.8 Å². The number of aryl methyl sites for hydroxylation is 1. The third-order valence-corrected chi connectivity index (χ3v) is 4.67. The quantitative estimate of drug-likeness (QED) is 0.588. The summed E-state index contributed by atoms with van der Waals surface area (Å²) in [6.45, 7) is 2.75. The SMILES string of the molecule is COc1cc(CNC(=O)/C=C/c2csc(C)n2)ccc1OCc1ccncc1. The third-order valence-electron chi connectivity index (χ3n) is 3.88. The lowest BCUT2D eigenvalue weighted by Crippen LogP contribution is -2.20. The number of hydrogen-bond acceptors (Lipinski definition) is 6. The number of hydrogen-bond donors (Lipinski definition) is 1. The summed E-state index contributed by atoms with van der Waals surface area (Å²) >= 11 is 1.55. The highest BCUT2D eigenvalue weighted by atomic mass is 32.1. The van der Waals surface area contributed by atoms with Gasteiger partial charge in [-0.15, -0.1) is 11.3 Å². The number of nitrogens with one attached hydrogen (secondary N) is 1. The Morgan fingerprint density at radius 3 is 2.71 bits per heavy atom. The van der Waals surface area contributed by atoms with Crippen molar-refractivity contribution in [2.45, 2.75) is 20.1 Å². The van der Waals surface area contributed by atoms with E-state index in [0.29, 0.717) is 24.7 Å². The molecular weight excluding hydrogens is 374 g/mol. The molecule has 0 unspecified atom stereocenters. The predicted molar refractivity (Wildman–Crippen MR) is 109 cm³/mol. The number of carbonyl (C=O) groups is 1. The normalized spacial score (nSPS) is 10.8. The van der Waals surface area contributed by atoms with Gasteiger partial charge in [0, 0.05) is 30.4 Å². The van der Waals surface area contributed by atoms with Crippen molar-refractivity contribution in [3.8, 4) is 11.5 Å². The van der Waals surface area contributed by atoms with Gasteiger partial charge in [-0.25, -0.2) is 4.98 Å². The van der Waals surface area contributed by atoms with Crippen molar-refractivity contribution >= 4 is 23.3 Å². The summed E-state index contributed by atoms with van der Waals surface area (Å²) in [5.41, 5.74) is 2.73. The number of thiazole rings is 1. The van der Waals surface area contributed by atoms with Crippen LogP contribution < -0.4 is 14.8 Å². The van der Waals surface area contributed by atoms with Crippen LogP contribution >= 0.6 is 11.3 Å². The number of pyridine rings is 1. The van der Waals surface area contributed by atoms with Crippen LogP contribution in [-0.2, 0) is 17.9 Å². The Hall–Kier alpha value is -3.19. The van der Waals surface area contributed by atoms with Gasteiger partial charge in [-0.1, -0.05) is 6.07 Å². The average Bonchev–Trinajstić information content (AvgIpc) is 3.15. The topological polar surface area (TPSA) is 73.3 Å². The molecule has 0 aliphatic heterocycles. The van der Waals surface area contributed by atoms with Gasteiger partial charge in [-0.2, -0.15) is 0 Å². The van der Waals surface area contributed by atoms with E-state index in [4.69, 9.17) is 9.47 Å². The zero-order chi connectivity index (χ0) is 19.8. The van der Waals surface area contributed by atoms with Crippen molar-refractivity contribution in [2.24, 2.45) is 0 Å². The molecule has 2 heterocycles. The van der Waals surface area contributed by atoms with Gasteiger partial charge in [0.15, 0.2) is 11.5 Å². The number of ether oxygens (including phenoxy) is 2. The first-order valence-corrected chi connectivity index (χ1v) is 9.58. The van der Waals surface area contributed by atoms with Crippen LogP contribution in [0.25, 0.3) is 6.08 Å². The molecule has 3 rings (SSSR count). The molecule has 0 atom stereocenters. The van der Waals surface area contributed by atoms with E-state index in [0.717, 1.165) is 21.8 Å². The van der Waals surface area contributed by atoms with Gasteiger partial charge in [-0.05, 0) is 48.4 Å². The fourth-order valence-corrected chi connectivity index (χ4v) is 3.03. The number of rotatable bonds is 8. The number of amides is 1. The number of nitrogens with zero attached hydrogens (tertiary/aromatic N) is 2. The minimum Gasteiger partial charge on any atom is -0.493 e. The van der Waals surface area contributed by atoms with Crippen LogP contribution in [-0.4, -0.2) is 23.0 Å². The molecule has 0 spiro atoms. The highest BCUT2D eigenvalue weighted by molar-refractivity contribution is 7.09. The maximum absolute atomic E-state index is 12.0. The van der Waals surface area contributed by atoms with Gasteiger partial charge in [0.2, 0.25) is 5.91 Å². The highest BCUT2D eigenvalue weighted by Gasteiger charge is 2.07. The summed E-state index contributed by atoms with van der Waals surface area (Å²) in [5, 5.41) is 5.73. The molecule has 0 aliphatic rings. The lowest BCUT2D eigenvalue weighted by Gasteiger charge is -2.12. The second kappa shape index (κ2) is 9.66. The first kappa shape index (κ1) is 19.6. The highest BCUT2D eigenvalue weighted by Crippen LogP contribution is 2.28. The molecule has 0 radical (unpaired) electrons. The average molecular weight is 395 g/mol. The van der Waals surface area contributed by atoms with Crippen molar-refractivity contribution in [3.05, 3.63) is 76.0 Å². The van der Waals surface area contributed by atoms with Gasteiger partial charge in [0.1, 0.15) is 6.61 Å². The van der Waals surface area contributed by atoms with Crippen molar-refractivity contribution < 1.29 is 14.3 Å². The van der Waals surface area contributed by atoms with E-state index in [9.17, 15) is 4.79 Å². The second-order valence-electron chi connectivity index (χ2n) is 5.97. The molecule has 0 aliphatic carbocycles. The molecule has 7 heteroatoms. The Bertz CT molecular complexity index is 955. The zero-order valence-electron chi connectivity index (χ0n) is 15.7. The number of carbonyl (C=O) groups excluding carboxylic acids is 1. The summed E-state index contributed by atoms with van der Waals surface area (Å²) < 4.78 is 11.2. The van der Waals surface area contributed by atoms with Crippen LogP contribution in [0.5, 0.6) is 11.5 Å². The number of benzene rings is 1. The summed E-state index contributed by atoms with van der Waals surface area (Å²) in [6.07, 6.45) is 6.64. The summed E-state index contributed by atoms with van der Waals surface area (Å²) in [5.74, 6) is 1.09. The van der Waals surface area contributed by atoms with Crippen LogP contribution in [0, 0.1) is 6.92 Å². The van der Waals surface area contributed by atoms with Crippen molar-refractivity contribution in [3.63, 3.8) is 0 Å². The molecular formula is C21H21N3O3S. The summed E-state index contributed by atoms with van der Waals surface area (Å²) in [6, 6.07) is 9.40.